The molecule has 0 saturated carbocycles. The van der Waals surface area contributed by atoms with Crippen molar-refractivity contribution in [1.82, 2.24) is 5.32 Å². The lowest BCUT2D eigenvalue weighted by Crippen LogP contribution is -2.11. The van der Waals surface area contributed by atoms with Crippen LogP contribution in [0.4, 0.5) is 0 Å². The van der Waals surface area contributed by atoms with Crippen molar-refractivity contribution in [3.05, 3.63) is 65.7 Å². The second kappa shape index (κ2) is 5.99. The zero-order valence-electron chi connectivity index (χ0n) is 10.8. The van der Waals surface area contributed by atoms with Crippen molar-refractivity contribution < 1.29 is 8.42 Å². The fourth-order valence-corrected chi connectivity index (χ4v) is 3.41. The third-order valence-corrected chi connectivity index (χ3v) is 4.61. The number of sulfone groups is 1. The molecule has 0 spiro atoms. The number of hydrogen-bond acceptors (Lipinski definition) is 3. The van der Waals surface area contributed by atoms with Crippen molar-refractivity contribution in [2.75, 3.05) is 7.05 Å². The Hall–Kier alpha value is -1.65. The van der Waals surface area contributed by atoms with E-state index in [1.54, 1.807) is 24.3 Å². The predicted octanol–water partition coefficient (Wildman–Crippen LogP) is 2.38. The highest BCUT2D eigenvalue weighted by Crippen LogP contribution is 2.18. The highest BCUT2D eigenvalue weighted by molar-refractivity contribution is 7.90. The molecule has 0 unspecified atom stereocenters. The van der Waals surface area contributed by atoms with Gasteiger partial charge in [-0.25, -0.2) is 8.42 Å². The van der Waals surface area contributed by atoms with Crippen LogP contribution in [0, 0.1) is 0 Å². The Morgan fingerprint density at radius 1 is 0.895 bits per heavy atom. The lowest BCUT2D eigenvalue weighted by Gasteiger charge is -2.10. The Balaban J connectivity index is 2.31. The molecule has 0 aliphatic heterocycles. The van der Waals surface area contributed by atoms with Crippen LogP contribution < -0.4 is 5.32 Å². The minimum absolute atomic E-state index is 0.0366. The first-order valence-electron chi connectivity index (χ1n) is 6.12. The van der Waals surface area contributed by atoms with Gasteiger partial charge in [0, 0.05) is 6.54 Å². The largest absolute Gasteiger partial charge is 0.316 e. The van der Waals surface area contributed by atoms with Gasteiger partial charge in [0.05, 0.1) is 10.6 Å². The third-order valence-electron chi connectivity index (χ3n) is 2.93. The summed E-state index contributed by atoms with van der Waals surface area (Å²) in [5.41, 5.74) is 1.87. The van der Waals surface area contributed by atoms with Crippen LogP contribution in [0.25, 0.3) is 0 Å². The molecule has 0 bridgehead atoms. The molecule has 0 aromatic heterocycles. The zero-order chi connectivity index (χ0) is 13.7. The van der Waals surface area contributed by atoms with E-state index in [2.05, 4.69) is 5.32 Å². The van der Waals surface area contributed by atoms with Crippen molar-refractivity contribution in [3.63, 3.8) is 0 Å². The molecule has 0 radical (unpaired) electrons. The molecule has 0 saturated heterocycles. The van der Waals surface area contributed by atoms with Gasteiger partial charge in [-0.05, 0) is 30.3 Å². The zero-order valence-corrected chi connectivity index (χ0v) is 11.7. The number of benzene rings is 2. The lowest BCUT2D eigenvalue weighted by atomic mass is 10.1. The molecule has 0 aliphatic carbocycles. The molecule has 0 amide bonds. The summed E-state index contributed by atoms with van der Waals surface area (Å²) in [5.74, 6) is 0.0366. The molecular formula is C15H17NO2S. The molecule has 0 atom stereocenters. The summed E-state index contributed by atoms with van der Waals surface area (Å²) in [6.07, 6.45) is 0. The Labute approximate surface area is 114 Å². The molecule has 0 heterocycles. The Kier molecular flexibility index (Phi) is 4.35. The van der Waals surface area contributed by atoms with Gasteiger partial charge in [-0.2, -0.15) is 0 Å². The van der Waals surface area contributed by atoms with E-state index in [1.807, 2.05) is 37.4 Å². The fraction of sp³-hybridized carbons (Fsp3) is 0.200. The molecule has 2 aromatic rings. The Morgan fingerprint density at radius 2 is 1.47 bits per heavy atom. The van der Waals surface area contributed by atoms with Crippen molar-refractivity contribution in [2.45, 2.75) is 17.2 Å². The minimum atomic E-state index is -3.28. The van der Waals surface area contributed by atoms with E-state index in [4.69, 9.17) is 0 Å². The lowest BCUT2D eigenvalue weighted by molar-refractivity contribution is 0.595. The normalized spacial score (nSPS) is 11.4. The van der Waals surface area contributed by atoms with Gasteiger partial charge in [0.1, 0.15) is 0 Å². The molecule has 0 aliphatic rings. The quantitative estimate of drug-likeness (QED) is 0.911. The maximum atomic E-state index is 12.3. The van der Waals surface area contributed by atoms with E-state index in [-0.39, 0.29) is 5.75 Å². The second-order valence-corrected chi connectivity index (χ2v) is 6.36. The first kappa shape index (κ1) is 13.8. The monoisotopic (exact) mass is 275 g/mol. The predicted molar refractivity (Wildman–Crippen MR) is 76.5 cm³/mol. The SMILES string of the molecule is CNCc1ccccc1CS(=O)(=O)c1ccccc1. The topological polar surface area (TPSA) is 46.2 Å². The van der Waals surface area contributed by atoms with Crippen molar-refractivity contribution >= 4 is 9.84 Å². The fourth-order valence-electron chi connectivity index (χ4n) is 1.98. The molecule has 0 fully saturated rings. The van der Waals surface area contributed by atoms with Gasteiger partial charge < -0.3 is 5.32 Å². The van der Waals surface area contributed by atoms with Crippen LogP contribution in [0.5, 0.6) is 0 Å². The smallest absolute Gasteiger partial charge is 0.182 e. The molecular weight excluding hydrogens is 258 g/mol. The maximum absolute atomic E-state index is 12.3. The molecule has 4 heteroatoms. The molecule has 100 valence electrons. The van der Waals surface area contributed by atoms with Crippen molar-refractivity contribution in [1.29, 1.82) is 0 Å². The number of rotatable bonds is 5. The van der Waals surface area contributed by atoms with Gasteiger partial charge >= 0.3 is 0 Å². The maximum Gasteiger partial charge on any atom is 0.182 e. The van der Waals surface area contributed by atoms with Gasteiger partial charge in [0.2, 0.25) is 0 Å². The summed E-state index contributed by atoms with van der Waals surface area (Å²) in [5, 5.41) is 3.06. The van der Waals surface area contributed by atoms with E-state index in [9.17, 15) is 8.42 Å². The van der Waals surface area contributed by atoms with E-state index < -0.39 is 9.84 Å². The van der Waals surface area contributed by atoms with Crippen LogP contribution in [0.15, 0.2) is 59.5 Å². The first-order chi connectivity index (χ1) is 9.13. The minimum Gasteiger partial charge on any atom is -0.316 e. The van der Waals surface area contributed by atoms with Crippen LogP contribution >= 0.6 is 0 Å². The van der Waals surface area contributed by atoms with Crippen LogP contribution in [0.2, 0.25) is 0 Å². The average molecular weight is 275 g/mol. The third kappa shape index (κ3) is 3.43. The van der Waals surface area contributed by atoms with Crippen LogP contribution in [-0.2, 0) is 22.1 Å². The molecule has 19 heavy (non-hydrogen) atoms. The summed E-state index contributed by atoms with van der Waals surface area (Å²) in [6, 6.07) is 16.2. The summed E-state index contributed by atoms with van der Waals surface area (Å²) in [6.45, 7) is 0.667. The second-order valence-electron chi connectivity index (χ2n) is 4.37. The summed E-state index contributed by atoms with van der Waals surface area (Å²) in [4.78, 5) is 0.370. The van der Waals surface area contributed by atoms with Crippen LogP contribution in [-0.4, -0.2) is 15.5 Å². The van der Waals surface area contributed by atoms with Crippen molar-refractivity contribution in [3.8, 4) is 0 Å². The van der Waals surface area contributed by atoms with Gasteiger partial charge in [-0.3, -0.25) is 0 Å². The number of nitrogens with one attached hydrogen (secondary N) is 1. The molecule has 3 nitrogen and oxygen atoms in total. The highest BCUT2D eigenvalue weighted by Gasteiger charge is 2.16. The molecule has 2 aromatic carbocycles. The van der Waals surface area contributed by atoms with E-state index in [0.29, 0.717) is 11.4 Å². The first-order valence-corrected chi connectivity index (χ1v) is 7.78. The van der Waals surface area contributed by atoms with E-state index >= 15 is 0 Å². The molecule has 2 rings (SSSR count). The van der Waals surface area contributed by atoms with Gasteiger partial charge in [-0.1, -0.05) is 42.5 Å². The Bertz CT molecular complexity index is 636. The van der Waals surface area contributed by atoms with E-state index in [1.165, 1.54) is 0 Å². The molecule has 1 N–H and O–H groups in total. The van der Waals surface area contributed by atoms with Gasteiger partial charge in [0.25, 0.3) is 0 Å². The highest BCUT2D eigenvalue weighted by atomic mass is 32.2. The summed E-state index contributed by atoms with van der Waals surface area (Å²) < 4.78 is 24.7. The standard InChI is InChI=1S/C15H17NO2S/c1-16-11-13-7-5-6-8-14(13)12-19(17,18)15-9-3-2-4-10-15/h2-10,16H,11-12H2,1H3. The summed E-state index contributed by atoms with van der Waals surface area (Å²) in [7, 11) is -1.43. The summed E-state index contributed by atoms with van der Waals surface area (Å²) >= 11 is 0. The Morgan fingerprint density at radius 3 is 2.11 bits per heavy atom. The van der Waals surface area contributed by atoms with Crippen molar-refractivity contribution in [2.24, 2.45) is 0 Å². The van der Waals surface area contributed by atoms with Crippen LogP contribution in [0.1, 0.15) is 11.1 Å². The van der Waals surface area contributed by atoms with E-state index in [0.717, 1.165) is 11.1 Å². The van der Waals surface area contributed by atoms with Gasteiger partial charge in [0.15, 0.2) is 9.84 Å². The van der Waals surface area contributed by atoms with Crippen LogP contribution in [0.3, 0.4) is 0 Å². The average Bonchev–Trinajstić information content (AvgIpc) is 2.42. The van der Waals surface area contributed by atoms with Gasteiger partial charge in [-0.15, -0.1) is 0 Å². The number of hydrogen-bond donors (Lipinski definition) is 1.